The van der Waals surface area contributed by atoms with Crippen molar-refractivity contribution in [1.82, 2.24) is 19.6 Å². The summed E-state index contributed by atoms with van der Waals surface area (Å²) in [5.41, 5.74) is 3.20. The SMILES string of the molecule is Cc1ccc(NC(=O)CSc2nc3ccccc3c3nc(C)nn23)c(Cl)c1. The smallest absolute Gasteiger partial charge is 0.234 e. The van der Waals surface area contributed by atoms with Crippen molar-refractivity contribution in [2.24, 2.45) is 0 Å². The fraction of sp³-hybridized carbons (Fsp3) is 0.158. The Morgan fingerprint density at radius 3 is 2.81 bits per heavy atom. The molecule has 0 aliphatic heterocycles. The third-order valence-corrected chi connectivity index (χ3v) is 5.23. The average Bonchev–Trinajstić information content (AvgIpc) is 3.04. The first-order valence-corrected chi connectivity index (χ1v) is 9.68. The summed E-state index contributed by atoms with van der Waals surface area (Å²) in [7, 11) is 0. The summed E-state index contributed by atoms with van der Waals surface area (Å²) in [6.45, 7) is 3.78. The van der Waals surface area contributed by atoms with Gasteiger partial charge in [-0.15, -0.1) is 5.10 Å². The molecule has 0 aliphatic rings. The highest BCUT2D eigenvalue weighted by molar-refractivity contribution is 7.99. The molecule has 0 radical (unpaired) electrons. The number of nitrogens with zero attached hydrogens (tertiary/aromatic N) is 4. The standard InChI is InChI=1S/C19H16ClN5OS/c1-11-7-8-16(14(20)9-11)22-17(26)10-27-19-23-15-6-4-3-5-13(15)18-21-12(2)24-25(18)19/h3-9H,10H2,1-2H3,(H,22,26). The molecule has 8 heteroatoms. The van der Waals surface area contributed by atoms with E-state index in [1.807, 2.05) is 50.2 Å². The zero-order chi connectivity index (χ0) is 19.0. The molecule has 2 aromatic heterocycles. The summed E-state index contributed by atoms with van der Waals surface area (Å²) in [4.78, 5) is 21.5. The Morgan fingerprint density at radius 2 is 2.00 bits per heavy atom. The van der Waals surface area contributed by atoms with Crippen LogP contribution in [-0.2, 0) is 4.79 Å². The number of anilines is 1. The highest BCUT2D eigenvalue weighted by atomic mass is 35.5. The van der Waals surface area contributed by atoms with Crippen LogP contribution in [0.4, 0.5) is 5.69 Å². The molecule has 0 aliphatic carbocycles. The maximum atomic E-state index is 12.4. The third-order valence-electron chi connectivity index (χ3n) is 3.99. The van der Waals surface area contributed by atoms with Crippen LogP contribution in [0.5, 0.6) is 0 Å². The molecule has 6 nitrogen and oxygen atoms in total. The van der Waals surface area contributed by atoms with Crippen molar-refractivity contribution in [3.63, 3.8) is 0 Å². The molecule has 2 heterocycles. The summed E-state index contributed by atoms with van der Waals surface area (Å²) in [6, 6.07) is 13.3. The van der Waals surface area contributed by atoms with Crippen molar-refractivity contribution in [3.8, 4) is 0 Å². The average molecular weight is 398 g/mol. The van der Waals surface area contributed by atoms with E-state index in [0.717, 1.165) is 22.1 Å². The van der Waals surface area contributed by atoms with Gasteiger partial charge in [-0.2, -0.15) is 4.52 Å². The molecule has 4 rings (SSSR count). The van der Waals surface area contributed by atoms with Gasteiger partial charge in [-0.25, -0.2) is 9.97 Å². The molecule has 2 aromatic carbocycles. The zero-order valence-electron chi connectivity index (χ0n) is 14.7. The summed E-state index contributed by atoms with van der Waals surface area (Å²) in [5, 5.41) is 9.32. The lowest BCUT2D eigenvalue weighted by Crippen LogP contribution is -2.15. The Labute approximate surface area is 165 Å². The number of benzene rings is 2. The molecule has 136 valence electrons. The molecule has 0 bridgehead atoms. The molecule has 0 atom stereocenters. The van der Waals surface area contributed by atoms with Crippen molar-refractivity contribution in [2.75, 3.05) is 11.1 Å². The number of para-hydroxylation sites is 1. The van der Waals surface area contributed by atoms with Gasteiger partial charge in [0, 0.05) is 5.39 Å². The summed E-state index contributed by atoms with van der Waals surface area (Å²) < 4.78 is 1.69. The molecule has 0 unspecified atom stereocenters. The van der Waals surface area contributed by atoms with Crippen LogP contribution in [0.3, 0.4) is 0 Å². The van der Waals surface area contributed by atoms with Gasteiger partial charge < -0.3 is 5.32 Å². The molecule has 0 saturated heterocycles. The second-order valence-corrected chi connectivity index (χ2v) is 7.48. The van der Waals surface area contributed by atoms with E-state index < -0.39 is 0 Å². The first-order valence-electron chi connectivity index (χ1n) is 8.32. The number of aromatic nitrogens is 4. The number of fused-ring (bicyclic) bond motifs is 3. The molecule has 0 saturated carbocycles. The number of carbonyl (C=O) groups excluding carboxylic acids is 1. The minimum absolute atomic E-state index is 0.161. The summed E-state index contributed by atoms with van der Waals surface area (Å²) in [6.07, 6.45) is 0. The summed E-state index contributed by atoms with van der Waals surface area (Å²) >= 11 is 7.49. The Kier molecular flexibility index (Phi) is 4.72. The number of hydrogen-bond donors (Lipinski definition) is 1. The first kappa shape index (κ1) is 17.8. The molecule has 0 fully saturated rings. The van der Waals surface area contributed by atoms with Crippen molar-refractivity contribution in [3.05, 3.63) is 58.9 Å². The van der Waals surface area contributed by atoms with E-state index in [9.17, 15) is 4.79 Å². The quantitative estimate of drug-likeness (QED) is 0.411. The lowest BCUT2D eigenvalue weighted by Gasteiger charge is -2.09. The number of rotatable bonds is 4. The topological polar surface area (TPSA) is 72.2 Å². The number of halogens is 1. The third kappa shape index (κ3) is 3.61. The molecule has 1 amide bonds. The number of thioether (sulfide) groups is 1. The van der Waals surface area contributed by atoms with Crippen molar-refractivity contribution < 1.29 is 4.79 Å². The minimum Gasteiger partial charge on any atom is -0.324 e. The van der Waals surface area contributed by atoms with Gasteiger partial charge in [0.2, 0.25) is 5.91 Å². The molecular weight excluding hydrogens is 382 g/mol. The van der Waals surface area contributed by atoms with Crippen LogP contribution in [0.2, 0.25) is 5.02 Å². The van der Waals surface area contributed by atoms with Crippen LogP contribution in [0.25, 0.3) is 16.6 Å². The van der Waals surface area contributed by atoms with Crippen LogP contribution >= 0.6 is 23.4 Å². The van der Waals surface area contributed by atoms with Gasteiger partial charge in [-0.05, 0) is 43.7 Å². The van der Waals surface area contributed by atoms with Gasteiger partial charge in [-0.3, -0.25) is 4.79 Å². The molecule has 1 N–H and O–H groups in total. The highest BCUT2D eigenvalue weighted by Crippen LogP contribution is 2.25. The monoisotopic (exact) mass is 397 g/mol. The fourth-order valence-electron chi connectivity index (χ4n) is 2.76. The normalized spacial score (nSPS) is 11.2. The fourth-order valence-corrected chi connectivity index (χ4v) is 3.79. The van der Waals surface area contributed by atoms with Gasteiger partial charge >= 0.3 is 0 Å². The van der Waals surface area contributed by atoms with Gasteiger partial charge in [0.1, 0.15) is 5.82 Å². The minimum atomic E-state index is -0.161. The summed E-state index contributed by atoms with van der Waals surface area (Å²) in [5.74, 6) is 0.681. The predicted molar refractivity (Wildman–Crippen MR) is 109 cm³/mol. The van der Waals surface area contributed by atoms with E-state index in [4.69, 9.17) is 11.6 Å². The lowest BCUT2D eigenvalue weighted by molar-refractivity contribution is -0.113. The van der Waals surface area contributed by atoms with Crippen LogP contribution in [0.15, 0.2) is 47.6 Å². The Balaban J connectivity index is 1.58. The Hall–Kier alpha value is -2.64. The maximum Gasteiger partial charge on any atom is 0.234 e. The lowest BCUT2D eigenvalue weighted by atomic mass is 10.2. The van der Waals surface area contributed by atoms with Gasteiger partial charge in [0.25, 0.3) is 0 Å². The van der Waals surface area contributed by atoms with Gasteiger partial charge in [-0.1, -0.05) is 41.6 Å². The van der Waals surface area contributed by atoms with Crippen molar-refractivity contribution in [1.29, 1.82) is 0 Å². The van der Waals surface area contributed by atoms with Gasteiger partial charge in [0.05, 0.1) is 22.0 Å². The number of nitrogens with one attached hydrogen (secondary N) is 1. The van der Waals surface area contributed by atoms with E-state index in [-0.39, 0.29) is 11.7 Å². The number of amides is 1. The Bertz CT molecular complexity index is 1170. The molecular formula is C19H16ClN5OS. The van der Waals surface area contributed by atoms with E-state index in [2.05, 4.69) is 20.4 Å². The molecule has 0 spiro atoms. The maximum absolute atomic E-state index is 12.4. The van der Waals surface area contributed by atoms with Crippen LogP contribution < -0.4 is 5.32 Å². The van der Waals surface area contributed by atoms with E-state index in [1.165, 1.54) is 11.8 Å². The second kappa shape index (κ2) is 7.17. The zero-order valence-corrected chi connectivity index (χ0v) is 16.3. The van der Waals surface area contributed by atoms with Crippen LogP contribution in [0, 0.1) is 13.8 Å². The molecule has 4 aromatic rings. The van der Waals surface area contributed by atoms with Crippen molar-refractivity contribution >= 4 is 51.5 Å². The first-order chi connectivity index (χ1) is 13.0. The number of aryl methyl sites for hydroxylation is 2. The predicted octanol–water partition coefficient (Wildman–Crippen LogP) is 4.28. The highest BCUT2D eigenvalue weighted by Gasteiger charge is 2.14. The Morgan fingerprint density at radius 1 is 1.19 bits per heavy atom. The van der Waals surface area contributed by atoms with E-state index in [0.29, 0.717) is 21.7 Å². The number of carbonyl (C=O) groups is 1. The van der Waals surface area contributed by atoms with Crippen LogP contribution in [0.1, 0.15) is 11.4 Å². The van der Waals surface area contributed by atoms with E-state index in [1.54, 1.807) is 10.6 Å². The molecule has 27 heavy (non-hydrogen) atoms. The second-order valence-electron chi connectivity index (χ2n) is 6.13. The number of hydrogen-bond acceptors (Lipinski definition) is 5. The van der Waals surface area contributed by atoms with Gasteiger partial charge in [0.15, 0.2) is 10.8 Å². The van der Waals surface area contributed by atoms with E-state index >= 15 is 0 Å². The van der Waals surface area contributed by atoms with Crippen molar-refractivity contribution in [2.45, 2.75) is 19.0 Å². The largest absolute Gasteiger partial charge is 0.324 e. The van der Waals surface area contributed by atoms with Crippen LogP contribution in [-0.4, -0.2) is 31.2 Å².